The quantitative estimate of drug-likeness (QED) is 0.888. The van der Waals surface area contributed by atoms with Crippen molar-refractivity contribution in [1.29, 1.82) is 0 Å². The fourth-order valence-electron chi connectivity index (χ4n) is 1.45. The third-order valence-electron chi connectivity index (χ3n) is 2.57. The van der Waals surface area contributed by atoms with E-state index in [1.165, 1.54) is 24.3 Å². The van der Waals surface area contributed by atoms with Gasteiger partial charge in [0.25, 0.3) is 0 Å². The van der Waals surface area contributed by atoms with Crippen LogP contribution in [0.2, 0.25) is 0 Å². The van der Waals surface area contributed by atoms with Gasteiger partial charge in [0.05, 0.1) is 0 Å². The van der Waals surface area contributed by atoms with E-state index in [4.69, 9.17) is 10.5 Å². The van der Waals surface area contributed by atoms with Crippen molar-refractivity contribution in [1.82, 2.24) is 0 Å². The highest BCUT2D eigenvalue weighted by molar-refractivity contribution is 5.32. The number of hydrogen-bond acceptors (Lipinski definition) is 3. The third kappa shape index (κ3) is 3.26. The molecule has 2 N–H and O–H groups in total. The molecule has 17 heavy (non-hydrogen) atoms. The van der Waals surface area contributed by atoms with Gasteiger partial charge in [0.1, 0.15) is 17.1 Å². The Kier molecular flexibility index (Phi) is 2.91. The zero-order valence-corrected chi connectivity index (χ0v) is 8.96. The molecule has 0 heterocycles. The van der Waals surface area contributed by atoms with Crippen molar-refractivity contribution >= 4 is 0 Å². The van der Waals surface area contributed by atoms with Crippen LogP contribution in [0, 0.1) is 0 Å². The minimum absolute atomic E-state index is 0.262. The molecule has 0 aliphatic heterocycles. The van der Waals surface area contributed by atoms with Crippen molar-refractivity contribution < 1.29 is 22.6 Å². The summed E-state index contributed by atoms with van der Waals surface area (Å²) < 4.78 is 45.1. The molecule has 0 bridgehead atoms. The van der Waals surface area contributed by atoms with Gasteiger partial charge >= 0.3 is 6.36 Å². The molecular formula is C11H12F3NO2. The Morgan fingerprint density at radius 3 is 2.06 bits per heavy atom. The predicted octanol–water partition coefficient (Wildman–Crippen LogP) is 2.46. The number of halogens is 3. The molecule has 1 aromatic carbocycles. The highest BCUT2D eigenvalue weighted by atomic mass is 19.4. The first-order chi connectivity index (χ1) is 7.92. The maximum Gasteiger partial charge on any atom is 0.573 e. The van der Waals surface area contributed by atoms with E-state index in [0.29, 0.717) is 12.3 Å². The van der Waals surface area contributed by atoms with Crippen molar-refractivity contribution in [2.45, 2.75) is 24.8 Å². The molecule has 0 unspecified atom stereocenters. The first-order valence-electron chi connectivity index (χ1n) is 5.17. The van der Waals surface area contributed by atoms with E-state index in [1.54, 1.807) is 0 Å². The zero-order valence-electron chi connectivity index (χ0n) is 8.96. The first-order valence-corrected chi connectivity index (χ1v) is 5.17. The second-order valence-corrected chi connectivity index (χ2v) is 4.01. The summed E-state index contributed by atoms with van der Waals surface area (Å²) in [5, 5.41) is 0. The Bertz CT molecular complexity index is 385. The van der Waals surface area contributed by atoms with Crippen LogP contribution in [-0.2, 0) is 0 Å². The van der Waals surface area contributed by atoms with E-state index >= 15 is 0 Å². The number of alkyl halides is 3. The minimum Gasteiger partial charge on any atom is -0.486 e. The van der Waals surface area contributed by atoms with Crippen molar-refractivity contribution in [3.63, 3.8) is 0 Å². The molecule has 3 nitrogen and oxygen atoms in total. The lowest BCUT2D eigenvalue weighted by Gasteiger charge is -2.16. The minimum atomic E-state index is -4.67. The molecule has 94 valence electrons. The van der Waals surface area contributed by atoms with E-state index in [-0.39, 0.29) is 11.4 Å². The summed E-state index contributed by atoms with van der Waals surface area (Å²) in [5.74, 6) is 0.241. The summed E-state index contributed by atoms with van der Waals surface area (Å²) in [4.78, 5) is 0. The van der Waals surface area contributed by atoms with Gasteiger partial charge in [-0.15, -0.1) is 13.2 Å². The van der Waals surface area contributed by atoms with Gasteiger partial charge < -0.3 is 15.2 Å². The topological polar surface area (TPSA) is 44.5 Å². The number of ether oxygens (including phenoxy) is 2. The smallest absolute Gasteiger partial charge is 0.486 e. The molecule has 1 aliphatic carbocycles. The molecular weight excluding hydrogens is 235 g/mol. The zero-order chi connectivity index (χ0) is 12.5. The molecule has 0 radical (unpaired) electrons. The fraction of sp³-hybridized carbons (Fsp3) is 0.455. The second-order valence-electron chi connectivity index (χ2n) is 4.01. The van der Waals surface area contributed by atoms with E-state index in [2.05, 4.69) is 4.74 Å². The molecule has 2 rings (SSSR count). The predicted molar refractivity (Wildman–Crippen MR) is 54.8 cm³/mol. The van der Waals surface area contributed by atoms with E-state index in [0.717, 1.165) is 12.8 Å². The van der Waals surface area contributed by atoms with Crippen LogP contribution in [0.4, 0.5) is 13.2 Å². The lowest BCUT2D eigenvalue weighted by molar-refractivity contribution is -0.274. The Morgan fingerprint density at radius 1 is 1.12 bits per heavy atom. The van der Waals surface area contributed by atoms with E-state index in [9.17, 15) is 13.2 Å². The summed E-state index contributed by atoms with van der Waals surface area (Å²) in [5.41, 5.74) is 5.22. The van der Waals surface area contributed by atoms with Crippen molar-refractivity contribution in [2.24, 2.45) is 5.73 Å². The Hall–Kier alpha value is -1.43. The summed E-state index contributed by atoms with van der Waals surface area (Å²) in [7, 11) is 0. The van der Waals surface area contributed by atoms with Crippen LogP contribution < -0.4 is 15.2 Å². The number of hydrogen-bond donors (Lipinski definition) is 1. The number of nitrogens with two attached hydrogens (primary N) is 1. The van der Waals surface area contributed by atoms with Crippen LogP contribution in [0.15, 0.2) is 24.3 Å². The van der Waals surface area contributed by atoms with Crippen LogP contribution in [0.3, 0.4) is 0 Å². The summed E-state index contributed by atoms with van der Waals surface area (Å²) in [6.45, 7) is 0.411. The van der Waals surface area contributed by atoms with E-state index in [1.807, 2.05) is 0 Å². The molecule has 0 aromatic heterocycles. The maximum absolute atomic E-state index is 11.9. The maximum atomic E-state index is 11.9. The molecule has 0 amide bonds. The SMILES string of the molecule is NCC1(Oc2ccc(OC(F)(F)F)cc2)CC1. The van der Waals surface area contributed by atoms with Crippen LogP contribution in [-0.4, -0.2) is 18.5 Å². The van der Waals surface area contributed by atoms with Crippen LogP contribution in [0.1, 0.15) is 12.8 Å². The molecule has 0 saturated heterocycles. The van der Waals surface area contributed by atoms with Crippen molar-refractivity contribution in [3.8, 4) is 11.5 Å². The highest BCUT2D eigenvalue weighted by Crippen LogP contribution is 2.39. The van der Waals surface area contributed by atoms with Crippen molar-refractivity contribution in [3.05, 3.63) is 24.3 Å². The average molecular weight is 247 g/mol. The summed E-state index contributed by atoms with van der Waals surface area (Å²) in [6.07, 6.45) is -2.91. The number of rotatable bonds is 4. The molecule has 1 fully saturated rings. The van der Waals surface area contributed by atoms with Crippen molar-refractivity contribution in [2.75, 3.05) is 6.54 Å². The van der Waals surface area contributed by atoms with Crippen LogP contribution in [0.25, 0.3) is 0 Å². The fourth-order valence-corrected chi connectivity index (χ4v) is 1.45. The lowest BCUT2D eigenvalue weighted by Crippen LogP contribution is -2.28. The van der Waals surface area contributed by atoms with Gasteiger partial charge in [-0.25, -0.2) is 0 Å². The molecule has 0 spiro atoms. The van der Waals surface area contributed by atoms with Gasteiger partial charge in [0, 0.05) is 6.54 Å². The third-order valence-corrected chi connectivity index (χ3v) is 2.57. The Labute approximate surface area is 96.3 Å². The molecule has 1 saturated carbocycles. The van der Waals surface area contributed by atoms with Gasteiger partial charge in [-0.05, 0) is 37.1 Å². The molecule has 1 aliphatic rings. The first kappa shape index (κ1) is 12.0. The second kappa shape index (κ2) is 4.10. The number of benzene rings is 1. The lowest BCUT2D eigenvalue weighted by atomic mass is 10.3. The largest absolute Gasteiger partial charge is 0.573 e. The van der Waals surface area contributed by atoms with Crippen LogP contribution >= 0.6 is 0 Å². The Morgan fingerprint density at radius 2 is 1.65 bits per heavy atom. The van der Waals surface area contributed by atoms with Gasteiger partial charge in [0.15, 0.2) is 0 Å². The average Bonchev–Trinajstić information content (AvgIpc) is 3.00. The van der Waals surface area contributed by atoms with Gasteiger partial charge in [-0.3, -0.25) is 0 Å². The van der Waals surface area contributed by atoms with E-state index < -0.39 is 6.36 Å². The molecule has 6 heteroatoms. The highest BCUT2D eigenvalue weighted by Gasteiger charge is 2.44. The summed E-state index contributed by atoms with van der Waals surface area (Å²) >= 11 is 0. The normalized spacial score (nSPS) is 17.6. The van der Waals surface area contributed by atoms with Crippen LogP contribution in [0.5, 0.6) is 11.5 Å². The monoisotopic (exact) mass is 247 g/mol. The Balaban J connectivity index is 1.98. The van der Waals surface area contributed by atoms with Gasteiger partial charge in [0.2, 0.25) is 0 Å². The summed E-state index contributed by atoms with van der Waals surface area (Å²) in [6, 6.07) is 5.32. The molecule has 1 aromatic rings. The molecule has 0 atom stereocenters. The van der Waals surface area contributed by atoms with Gasteiger partial charge in [-0.2, -0.15) is 0 Å². The standard InChI is InChI=1S/C11H12F3NO2/c12-11(13,14)17-9-3-1-8(2-4-9)16-10(7-15)5-6-10/h1-4H,5-7,15H2. The van der Waals surface area contributed by atoms with Gasteiger partial charge in [-0.1, -0.05) is 0 Å².